The van der Waals surface area contributed by atoms with E-state index in [1.807, 2.05) is 24.3 Å². The number of nitrogens with zero attached hydrogens (tertiary/aromatic N) is 2. The maximum Gasteiger partial charge on any atom is 0.244 e. The molecule has 0 fully saturated rings. The SMILES string of the molecule is COc1ccc(CN(Cc2ccc(OC)cc2)S(=O)(=O)c2cc(NC(=O)Cc3ccccc3Cl)cc3nc(Cl)ccc23)cc1. The molecule has 0 spiro atoms. The average molecular weight is 651 g/mol. The lowest BCUT2D eigenvalue weighted by atomic mass is 10.1. The summed E-state index contributed by atoms with van der Waals surface area (Å²) in [5, 5.41) is 3.83. The highest BCUT2D eigenvalue weighted by Gasteiger charge is 2.28. The summed E-state index contributed by atoms with van der Waals surface area (Å²) in [6, 6.07) is 27.6. The molecule has 1 aromatic heterocycles. The molecule has 0 aliphatic heterocycles. The van der Waals surface area contributed by atoms with Gasteiger partial charge in [0, 0.05) is 29.2 Å². The first-order chi connectivity index (χ1) is 21.2. The molecule has 0 atom stereocenters. The smallest absolute Gasteiger partial charge is 0.244 e. The highest BCUT2D eigenvalue weighted by Crippen LogP contribution is 2.32. The number of sulfonamides is 1. The molecule has 0 saturated carbocycles. The highest BCUT2D eigenvalue weighted by molar-refractivity contribution is 7.89. The van der Waals surface area contributed by atoms with Crippen molar-refractivity contribution < 1.29 is 22.7 Å². The number of carbonyl (C=O) groups is 1. The van der Waals surface area contributed by atoms with Gasteiger partial charge >= 0.3 is 0 Å². The second-order valence-corrected chi connectivity index (χ2v) is 12.7. The van der Waals surface area contributed by atoms with Crippen molar-refractivity contribution in [2.45, 2.75) is 24.4 Å². The number of amides is 1. The zero-order valence-corrected chi connectivity index (χ0v) is 26.3. The van der Waals surface area contributed by atoms with Crippen LogP contribution in [0.3, 0.4) is 0 Å². The minimum Gasteiger partial charge on any atom is -0.497 e. The Morgan fingerprint density at radius 2 is 1.41 bits per heavy atom. The zero-order valence-electron chi connectivity index (χ0n) is 24.0. The van der Waals surface area contributed by atoms with Crippen LogP contribution in [0.2, 0.25) is 10.2 Å². The molecule has 0 aliphatic carbocycles. The van der Waals surface area contributed by atoms with E-state index >= 15 is 0 Å². The Morgan fingerprint density at radius 3 is 1.98 bits per heavy atom. The Hall–Kier alpha value is -4.15. The molecule has 0 unspecified atom stereocenters. The molecule has 44 heavy (non-hydrogen) atoms. The number of aromatic nitrogens is 1. The third kappa shape index (κ3) is 7.31. The van der Waals surface area contributed by atoms with Gasteiger partial charge in [-0.15, -0.1) is 0 Å². The van der Waals surface area contributed by atoms with Crippen LogP contribution in [0.1, 0.15) is 16.7 Å². The Kier molecular flexibility index (Phi) is 9.71. The summed E-state index contributed by atoms with van der Waals surface area (Å²) in [5.41, 5.74) is 2.75. The fourth-order valence-electron chi connectivity index (χ4n) is 4.72. The van der Waals surface area contributed by atoms with Crippen molar-refractivity contribution in [2.75, 3.05) is 19.5 Å². The number of hydrogen-bond donors (Lipinski definition) is 1. The molecule has 4 aromatic carbocycles. The van der Waals surface area contributed by atoms with Gasteiger partial charge in [0.1, 0.15) is 16.7 Å². The predicted molar refractivity (Wildman–Crippen MR) is 173 cm³/mol. The predicted octanol–water partition coefficient (Wildman–Crippen LogP) is 7.13. The van der Waals surface area contributed by atoms with E-state index < -0.39 is 10.0 Å². The molecule has 226 valence electrons. The molecule has 1 amide bonds. The highest BCUT2D eigenvalue weighted by atomic mass is 35.5. The first-order valence-electron chi connectivity index (χ1n) is 13.6. The molecule has 0 radical (unpaired) electrons. The second-order valence-electron chi connectivity index (χ2n) is 9.96. The molecular weight excluding hydrogens is 621 g/mol. The van der Waals surface area contributed by atoms with Gasteiger partial charge in [0.15, 0.2) is 0 Å². The number of halogens is 2. The average Bonchev–Trinajstić information content (AvgIpc) is 3.02. The zero-order chi connectivity index (χ0) is 31.3. The molecule has 0 aliphatic rings. The van der Waals surface area contributed by atoms with Crippen LogP contribution in [0.25, 0.3) is 10.9 Å². The van der Waals surface area contributed by atoms with Crippen LogP contribution in [0, 0.1) is 0 Å². The minimum absolute atomic E-state index is 0.00380. The first kappa shape index (κ1) is 31.3. The number of hydrogen-bond acceptors (Lipinski definition) is 6. The van der Waals surface area contributed by atoms with Gasteiger partial charge < -0.3 is 14.8 Å². The Morgan fingerprint density at radius 1 is 0.818 bits per heavy atom. The summed E-state index contributed by atoms with van der Waals surface area (Å²) in [7, 11) is -1.04. The van der Waals surface area contributed by atoms with Crippen LogP contribution in [0.5, 0.6) is 11.5 Å². The van der Waals surface area contributed by atoms with Crippen molar-refractivity contribution in [1.29, 1.82) is 0 Å². The van der Waals surface area contributed by atoms with Crippen LogP contribution in [0.4, 0.5) is 5.69 Å². The minimum atomic E-state index is -4.18. The van der Waals surface area contributed by atoms with Crippen molar-refractivity contribution in [1.82, 2.24) is 9.29 Å². The third-order valence-electron chi connectivity index (χ3n) is 6.98. The van der Waals surface area contributed by atoms with E-state index in [9.17, 15) is 13.2 Å². The number of carbonyl (C=O) groups excluding carboxylic acids is 1. The van der Waals surface area contributed by atoms with Crippen molar-refractivity contribution >= 4 is 55.7 Å². The van der Waals surface area contributed by atoms with Gasteiger partial charge in [-0.3, -0.25) is 4.79 Å². The number of methoxy groups -OCH3 is 2. The van der Waals surface area contributed by atoms with Crippen LogP contribution < -0.4 is 14.8 Å². The summed E-state index contributed by atoms with van der Waals surface area (Å²) in [5.74, 6) is 0.955. The molecule has 5 aromatic rings. The van der Waals surface area contributed by atoms with Gasteiger partial charge in [0.05, 0.1) is 31.1 Å². The van der Waals surface area contributed by atoms with E-state index in [0.717, 1.165) is 11.1 Å². The van der Waals surface area contributed by atoms with E-state index in [2.05, 4.69) is 10.3 Å². The van der Waals surface area contributed by atoms with Crippen LogP contribution in [-0.4, -0.2) is 37.8 Å². The topological polar surface area (TPSA) is 97.8 Å². The lowest BCUT2D eigenvalue weighted by Gasteiger charge is -2.24. The second kappa shape index (κ2) is 13.7. The van der Waals surface area contributed by atoms with Crippen LogP contribution >= 0.6 is 23.2 Å². The van der Waals surface area contributed by atoms with E-state index in [1.165, 1.54) is 16.4 Å². The largest absolute Gasteiger partial charge is 0.497 e. The number of pyridine rings is 1. The fourth-order valence-corrected chi connectivity index (χ4v) is 6.72. The number of anilines is 1. The molecule has 8 nitrogen and oxygen atoms in total. The van der Waals surface area contributed by atoms with Crippen LogP contribution in [0.15, 0.2) is 102 Å². The van der Waals surface area contributed by atoms with Crippen molar-refractivity contribution in [3.63, 3.8) is 0 Å². The molecule has 5 rings (SSSR count). The van der Waals surface area contributed by atoms with E-state index in [0.29, 0.717) is 33.0 Å². The lowest BCUT2D eigenvalue weighted by Crippen LogP contribution is -2.30. The quantitative estimate of drug-likeness (QED) is 0.153. The van der Waals surface area contributed by atoms with Gasteiger partial charge in [-0.1, -0.05) is 65.7 Å². The van der Waals surface area contributed by atoms with Crippen molar-refractivity contribution in [2.24, 2.45) is 0 Å². The van der Waals surface area contributed by atoms with Gasteiger partial charge in [0.25, 0.3) is 0 Å². The number of nitrogens with one attached hydrogen (secondary N) is 1. The molecule has 0 saturated heterocycles. The Labute approximate surface area is 266 Å². The number of fused-ring (bicyclic) bond motifs is 1. The Bertz CT molecular complexity index is 1850. The van der Waals surface area contributed by atoms with Gasteiger partial charge in [0.2, 0.25) is 15.9 Å². The maximum atomic E-state index is 14.5. The third-order valence-corrected chi connectivity index (χ3v) is 9.39. The Balaban J connectivity index is 1.55. The molecule has 1 N–H and O–H groups in total. The monoisotopic (exact) mass is 649 g/mol. The molecular formula is C33H29Cl2N3O5S. The first-order valence-corrected chi connectivity index (χ1v) is 15.8. The van der Waals surface area contributed by atoms with E-state index in [4.69, 9.17) is 32.7 Å². The van der Waals surface area contributed by atoms with E-state index in [1.54, 1.807) is 74.9 Å². The summed E-state index contributed by atoms with van der Waals surface area (Å²) in [6.45, 7) is 0.147. The number of ether oxygens (including phenoxy) is 2. The van der Waals surface area contributed by atoms with Gasteiger partial charge in [-0.05, 0) is 71.3 Å². The molecule has 1 heterocycles. The standard InChI is InChI=1S/C33H29Cl2N3O5S/c1-42-26-11-7-22(8-12-26)20-38(21-23-9-13-27(43-2)14-10-23)44(40,41)31-19-25(18-30-28(31)15-16-32(35)37-30)36-33(39)17-24-5-3-4-6-29(24)34/h3-16,18-19H,17,20-21H2,1-2H3,(H,36,39). The number of benzene rings is 4. The molecule has 0 bridgehead atoms. The maximum absolute atomic E-state index is 14.5. The van der Waals surface area contributed by atoms with Crippen LogP contribution in [-0.2, 0) is 34.3 Å². The number of rotatable bonds is 11. The fraction of sp³-hybridized carbons (Fsp3) is 0.152. The molecule has 11 heteroatoms. The summed E-state index contributed by atoms with van der Waals surface area (Å²) >= 11 is 12.5. The summed E-state index contributed by atoms with van der Waals surface area (Å²) in [4.78, 5) is 17.4. The van der Waals surface area contributed by atoms with Gasteiger partial charge in [-0.2, -0.15) is 4.31 Å². The summed E-state index contributed by atoms with van der Waals surface area (Å²) in [6.07, 6.45) is 0.00380. The van der Waals surface area contributed by atoms with Gasteiger partial charge in [-0.25, -0.2) is 13.4 Å². The summed E-state index contributed by atoms with van der Waals surface area (Å²) < 4.78 is 41.0. The normalized spacial score (nSPS) is 11.5. The van der Waals surface area contributed by atoms with E-state index in [-0.39, 0.29) is 41.2 Å². The lowest BCUT2D eigenvalue weighted by molar-refractivity contribution is -0.115. The van der Waals surface area contributed by atoms with Crippen molar-refractivity contribution in [3.05, 3.63) is 124 Å². The van der Waals surface area contributed by atoms with Crippen molar-refractivity contribution in [3.8, 4) is 11.5 Å².